The zero-order valence-corrected chi connectivity index (χ0v) is 6.64. The molecule has 58 valence electrons. The van der Waals surface area contributed by atoms with Gasteiger partial charge in [-0.05, 0) is 6.92 Å². The number of hydrogen-bond donors (Lipinski definition) is 1. The number of carbonyl (C=O) groups is 1. The largest absolute Gasteiger partial charge is 0.342 e. The van der Waals surface area contributed by atoms with E-state index in [-0.39, 0.29) is 27.7 Å². The number of imidazole rings is 1. The summed E-state index contributed by atoms with van der Waals surface area (Å²) >= 11 is 0.188. The zero-order valence-electron chi connectivity index (χ0n) is 5.83. The molecular formula is C6H6N2O2S. The van der Waals surface area contributed by atoms with Gasteiger partial charge in [0.25, 0.3) is 0 Å². The Balaban J connectivity index is 2.96. The molecule has 1 N–H and O–H groups in total. The smallest absolute Gasteiger partial charge is 0.236 e. The predicted molar refractivity (Wildman–Crippen MR) is 41.7 cm³/mol. The maximum absolute atomic E-state index is 11.1. The van der Waals surface area contributed by atoms with Gasteiger partial charge < -0.3 is 4.98 Å². The van der Waals surface area contributed by atoms with Crippen LogP contribution in [0.15, 0.2) is 12.4 Å². The number of rotatable bonds is 2. The van der Waals surface area contributed by atoms with E-state index < -0.39 is 0 Å². The first-order valence-corrected chi connectivity index (χ1v) is 3.67. The number of hydrogen-bond acceptors (Lipinski definition) is 3. The minimum atomic E-state index is -0.338. The lowest BCUT2D eigenvalue weighted by atomic mass is 10.3. The van der Waals surface area contributed by atoms with Crippen LogP contribution in [-0.4, -0.2) is 24.8 Å². The minimum absolute atomic E-state index is 0.188. The lowest BCUT2D eigenvalue weighted by molar-refractivity contribution is 0.105. The van der Waals surface area contributed by atoms with Crippen molar-refractivity contribution in [2.45, 2.75) is 6.92 Å². The van der Waals surface area contributed by atoms with Gasteiger partial charge >= 0.3 is 0 Å². The number of nitrogens with one attached hydrogen (secondary N) is 1. The van der Waals surface area contributed by atoms with Gasteiger partial charge in [-0.15, -0.1) is 0 Å². The van der Waals surface area contributed by atoms with Gasteiger partial charge in [0.1, 0.15) is 0 Å². The topological polar surface area (TPSA) is 62.8 Å². The van der Waals surface area contributed by atoms with E-state index in [1.165, 1.54) is 19.3 Å². The third kappa shape index (κ3) is 1.62. The monoisotopic (exact) mass is 170 g/mol. The molecule has 4 nitrogen and oxygen atoms in total. The summed E-state index contributed by atoms with van der Waals surface area (Å²) in [4.78, 5) is 17.6. The molecule has 1 aromatic rings. The Morgan fingerprint density at radius 1 is 1.73 bits per heavy atom. The van der Waals surface area contributed by atoms with Crippen molar-refractivity contribution >= 4 is 21.9 Å². The van der Waals surface area contributed by atoms with E-state index in [0.717, 1.165) is 0 Å². The zero-order chi connectivity index (χ0) is 8.27. The van der Waals surface area contributed by atoms with Gasteiger partial charge in [-0.25, -0.2) is 9.19 Å². The summed E-state index contributed by atoms with van der Waals surface area (Å²) in [6.45, 7) is 1.47. The fourth-order valence-electron chi connectivity index (χ4n) is 0.594. The van der Waals surface area contributed by atoms with Crippen LogP contribution in [0, 0.1) is 0 Å². The van der Waals surface area contributed by atoms with E-state index in [0.29, 0.717) is 0 Å². The highest BCUT2D eigenvalue weighted by Gasteiger charge is 2.10. The number of carbonyl (C=O) groups excluding carboxylic acids is 1. The molecule has 11 heavy (non-hydrogen) atoms. The summed E-state index contributed by atoms with van der Waals surface area (Å²) in [5.41, 5.74) is 0. The summed E-state index contributed by atoms with van der Waals surface area (Å²) in [6.07, 6.45) is 3.01. The van der Waals surface area contributed by atoms with Crippen LogP contribution >= 0.6 is 0 Å². The van der Waals surface area contributed by atoms with Crippen LogP contribution in [0.4, 0.5) is 0 Å². The molecule has 0 amide bonds. The van der Waals surface area contributed by atoms with Crippen molar-refractivity contribution in [3.8, 4) is 0 Å². The van der Waals surface area contributed by atoms with Crippen molar-refractivity contribution in [3.05, 3.63) is 18.2 Å². The van der Waals surface area contributed by atoms with Gasteiger partial charge in [-0.2, -0.15) is 0 Å². The average molecular weight is 170 g/mol. The summed E-state index contributed by atoms with van der Waals surface area (Å²) in [6, 6.07) is 0. The van der Waals surface area contributed by atoms with Gasteiger partial charge in [0.05, 0.1) is 16.1 Å². The second kappa shape index (κ2) is 3.25. The normalized spacial score (nSPS) is 9.18. The molecule has 0 fully saturated rings. The highest BCUT2D eigenvalue weighted by atomic mass is 32.1. The molecule has 0 radical (unpaired) electrons. The molecule has 0 aliphatic heterocycles. The molecule has 0 saturated heterocycles. The first-order valence-electron chi connectivity index (χ1n) is 2.93. The molecule has 1 heterocycles. The Morgan fingerprint density at radius 2 is 2.45 bits per heavy atom. The molecule has 0 saturated carbocycles. The van der Waals surface area contributed by atoms with E-state index in [9.17, 15) is 9.00 Å². The van der Waals surface area contributed by atoms with Gasteiger partial charge in [-0.3, -0.25) is 4.79 Å². The van der Waals surface area contributed by atoms with Crippen molar-refractivity contribution < 1.29 is 9.00 Å². The quantitative estimate of drug-likeness (QED) is 0.502. The number of nitrogens with zero attached hydrogens (tertiary/aromatic N) is 1. The van der Waals surface area contributed by atoms with Crippen LogP contribution in [0.3, 0.4) is 0 Å². The molecule has 0 aromatic carbocycles. The predicted octanol–water partition coefficient (Wildman–Crippen LogP) is -0.00230. The summed E-state index contributed by atoms with van der Waals surface area (Å²) < 4.78 is 10.2. The van der Waals surface area contributed by atoms with Crippen molar-refractivity contribution in [1.82, 2.24) is 9.97 Å². The Bertz CT molecular complexity index is 311. The second-order valence-corrected chi connectivity index (χ2v) is 2.69. The molecule has 0 bridgehead atoms. The van der Waals surface area contributed by atoms with Crippen molar-refractivity contribution in [2.24, 2.45) is 0 Å². The first-order chi connectivity index (χ1) is 5.25. The van der Waals surface area contributed by atoms with Crippen LogP contribution in [0.25, 0.3) is 0 Å². The van der Waals surface area contributed by atoms with Crippen molar-refractivity contribution in [3.63, 3.8) is 0 Å². The fraction of sp³-hybridized carbons (Fsp3) is 0.167. The highest BCUT2D eigenvalue weighted by molar-refractivity contribution is 7.68. The number of aromatic amines is 1. The molecule has 0 aliphatic carbocycles. The molecule has 1 rings (SSSR count). The van der Waals surface area contributed by atoms with E-state index in [4.69, 9.17) is 0 Å². The van der Waals surface area contributed by atoms with Gasteiger partial charge in [0, 0.05) is 12.4 Å². The third-order valence-electron chi connectivity index (χ3n) is 1.16. The van der Waals surface area contributed by atoms with E-state index in [2.05, 4.69) is 9.97 Å². The SMILES string of the molecule is CC(=S=O)C(=O)c1ncc[nH]1. The van der Waals surface area contributed by atoms with Crippen LogP contribution in [-0.2, 0) is 11.3 Å². The van der Waals surface area contributed by atoms with Crippen molar-refractivity contribution in [1.29, 1.82) is 0 Å². The van der Waals surface area contributed by atoms with Crippen LogP contribution < -0.4 is 0 Å². The molecule has 0 atom stereocenters. The lowest BCUT2D eigenvalue weighted by Crippen LogP contribution is -2.11. The van der Waals surface area contributed by atoms with E-state index >= 15 is 0 Å². The van der Waals surface area contributed by atoms with Crippen LogP contribution in [0.2, 0.25) is 0 Å². The highest BCUT2D eigenvalue weighted by Crippen LogP contribution is 1.91. The van der Waals surface area contributed by atoms with E-state index in [1.54, 1.807) is 0 Å². The maximum Gasteiger partial charge on any atom is 0.236 e. The first kappa shape index (κ1) is 7.87. The molecule has 5 heteroatoms. The summed E-state index contributed by atoms with van der Waals surface area (Å²) in [5.74, 6) is -0.124. The minimum Gasteiger partial charge on any atom is -0.342 e. The molecule has 0 unspecified atom stereocenters. The van der Waals surface area contributed by atoms with Crippen LogP contribution in [0.5, 0.6) is 0 Å². The average Bonchev–Trinajstić information content (AvgIpc) is 2.53. The van der Waals surface area contributed by atoms with E-state index in [1.807, 2.05) is 0 Å². The molecule has 1 aromatic heterocycles. The Hall–Kier alpha value is -1.23. The summed E-state index contributed by atoms with van der Waals surface area (Å²) in [5, 5.41) is 0. The maximum atomic E-state index is 11.1. The van der Waals surface area contributed by atoms with Crippen LogP contribution in [0.1, 0.15) is 17.5 Å². The number of Topliss-reactive ketones (excluding diaryl/α,β-unsaturated/α-hetero) is 1. The Kier molecular flexibility index (Phi) is 2.32. The number of aromatic nitrogens is 2. The second-order valence-electron chi connectivity index (χ2n) is 1.91. The number of ketones is 1. The van der Waals surface area contributed by atoms with Gasteiger partial charge in [-0.1, -0.05) is 0 Å². The lowest BCUT2D eigenvalue weighted by Gasteiger charge is -1.88. The van der Waals surface area contributed by atoms with Gasteiger partial charge in [0.15, 0.2) is 5.82 Å². The number of H-pyrrole nitrogens is 1. The van der Waals surface area contributed by atoms with Crippen molar-refractivity contribution in [2.75, 3.05) is 0 Å². The fourth-order valence-corrected chi connectivity index (χ4v) is 0.766. The summed E-state index contributed by atoms with van der Waals surface area (Å²) in [7, 11) is 0. The third-order valence-corrected chi connectivity index (χ3v) is 1.59. The molecular weight excluding hydrogens is 164 g/mol. The molecule has 0 aliphatic rings. The Morgan fingerprint density at radius 3 is 2.91 bits per heavy atom. The Labute approximate surface area is 66.7 Å². The standard InChI is InChI=1S/C6H6N2O2S/c1-4(11-10)5(9)6-7-2-3-8-6/h2-3H,1H3,(H,7,8). The van der Waals surface area contributed by atoms with Gasteiger partial charge in [0.2, 0.25) is 5.78 Å². The molecule has 0 spiro atoms.